The lowest BCUT2D eigenvalue weighted by Crippen LogP contribution is -2.25. The normalized spacial score (nSPS) is 10.4. The number of benzene rings is 2. The summed E-state index contributed by atoms with van der Waals surface area (Å²) in [6.07, 6.45) is 0.760. The Morgan fingerprint density at radius 2 is 1.83 bits per heavy atom. The molecule has 2 rings (SSSR count). The van der Waals surface area contributed by atoms with Gasteiger partial charge in [-0.15, -0.1) is 0 Å². The Hall–Kier alpha value is -2.73. The molecule has 0 bridgehead atoms. The minimum atomic E-state index is -0.409. The Kier molecular flexibility index (Phi) is 6.03. The van der Waals surface area contributed by atoms with E-state index in [9.17, 15) is 14.9 Å². The van der Waals surface area contributed by atoms with E-state index in [1.165, 1.54) is 6.07 Å². The van der Waals surface area contributed by atoms with Gasteiger partial charge >= 0.3 is 0 Å². The third-order valence-corrected chi connectivity index (χ3v) is 3.96. The van der Waals surface area contributed by atoms with Gasteiger partial charge in [-0.3, -0.25) is 14.9 Å². The van der Waals surface area contributed by atoms with Crippen LogP contribution in [0.15, 0.2) is 42.5 Å². The predicted molar refractivity (Wildman–Crippen MR) is 93.1 cm³/mol. The molecule has 0 heterocycles. The molecular formula is C18H21N3O3. The molecule has 0 radical (unpaired) electrons. The second-order valence-corrected chi connectivity index (χ2v) is 5.51. The molecule has 0 aliphatic rings. The highest BCUT2D eigenvalue weighted by Gasteiger charge is 2.15. The summed E-state index contributed by atoms with van der Waals surface area (Å²) in [4.78, 5) is 23.0. The van der Waals surface area contributed by atoms with Crippen molar-refractivity contribution in [1.29, 1.82) is 0 Å². The van der Waals surface area contributed by atoms with Gasteiger partial charge in [0.05, 0.1) is 4.92 Å². The molecule has 6 nitrogen and oxygen atoms in total. The van der Waals surface area contributed by atoms with Gasteiger partial charge in [0.2, 0.25) is 0 Å². The van der Waals surface area contributed by atoms with Crippen molar-refractivity contribution in [3.8, 4) is 0 Å². The van der Waals surface area contributed by atoms with Crippen LogP contribution < -0.4 is 10.6 Å². The number of hydrogen-bond acceptors (Lipinski definition) is 4. The van der Waals surface area contributed by atoms with E-state index < -0.39 is 4.92 Å². The zero-order valence-electron chi connectivity index (χ0n) is 13.8. The molecule has 0 fully saturated rings. The molecule has 2 aromatic rings. The molecule has 126 valence electrons. The van der Waals surface area contributed by atoms with Gasteiger partial charge in [0, 0.05) is 23.7 Å². The molecule has 24 heavy (non-hydrogen) atoms. The van der Waals surface area contributed by atoms with Crippen LogP contribution in [-0.2, 0) is 13.0 Å². The lowest BCUT2D eigenvalue weighted by atomic mass is 10.0. The molecule has 6 heteroatoms. The topological polar surface area (TPSA) is 84.3 Å². The van der Waals surface area contributed by atoms with E-state index in [2.05, 4.69) is 10.6 Å². The van der Waals surface area contributed by atoms with Gasteiger partial charge < -0.3 is 10.6 Å². The van der Waals surface area contributed by atoms with Gasteiger partial charge in [-0.25, -0.2) is 0 Å². The van der Waals surface area contributed by atoms with Crippen LogP contribution in [0.1, 0.15) is 27.0 Å². The average molecular weight is 327 g/mol. The smallest absolute Gasteiger partial charge is 0.272 e. The summed E-state index contributed by atoms with van der Waals surface area (Å²) in [5.41, 5.74) is 2.99. The standard InChI is InChI=1S/C18H21N3O3/c1-13-15(7-5-9-17(13)21(23)24)12-20-18(22)16-8-4-3-6-14(16)10-11-19-2/h3-9,19H,10-12H2,1-2H3,(H,20,22). The van der Waals surface area contributed by atoms with E-state index in [-0.39, 0.29) is 18.1 Å². The average Bonchev–Trinajstić information content (AvgIpc) is 2.58. The monoisotopic (exact) mass is 327 g/mol. The van der Waals surface area contributed by atoms with Crippen molar-refractivity contribution in [2.24, 2.45) is 0 Å². The molecule has 0 saturated heterocycles. The third-order valence-electron chi connectivity index (χ3n) is 3.96. The van der Waals surface area contributed by atoms with Crippen LogP contribution in [0.4, 0.5) is 5.69 Å². The maximum atomic E-state index is 12.5. The summed E-state index contributed by atoms with van der Waals surface area (Å²) in [5.74, 6) is -0.174. The van der Waals surface area contributed by atoms with Crippen molar-refractivity contribution in [1.82, 2.24) is 10.6 Å². The highest BCUT2D eigenvalue weighted by Crippen LogP contribution is 2.21. The van der Waals surface area contributed by atoms with Crippen molar-refractivity contribution < 1.29 is 9.72 Å². The van der Waals surface area contributed by atoms with Crippen LogP contribution in [0.5, 0.6) is 0 Å². The minimum Gasteiger partial charge on any atom is -0.348 e. The molecule has 0 aliphatic heterocycles. The maximum Gasteiger partial charge on any atom is 0.272 e. The summed E-state index contributed by atoms with van der Waals surface area (Å²) >= 11 is 0. The van der Waals surface area contributed by atoms with Crippen LogP contribution >= 0.6 is 0 Å². The van der Waals surface area contributed by atoms with E-state index in [0.29, 0.717) is 11.1 Å². The fourth-order valence-electron chi connectivity index (χ4n) is 2.55. The fraction of sp³-hybridized carbons (Fsp3) is 0.278. The SMILES string of the molecule is CNCCc1ccccc1C(=O)NCc1cccc([N+](=O)[O-])c1C. The van der Waals surface area contributed by atoms with Crippen LogP contribution in [0.25, 0.3) is 0 Å². The predicted octanol–water partition coefficient (Wildman–Crippen LogP) is 2.60. The number of nitro groups is 1. The first-order valence-corrected chi connectivity index (χ1v) is 7.78. The van der Waals surface area contributed by atoms with Gasteiger partial charge in [-0.05, 0) is 44.1 Å². The van der Waals surface area contributed by atoms with E-state index in [1.54, 1.807) is 25.1 Å². The number of amides is 1. The second kappa shape index (κ2) is 8.21. The number of carbonyl (C=O) groups excluding carboxylic acids is 1. The Morgan fingerprint density at radius 3 is 2.54 bits per heavy atom. The number of likely N-dealkylation sites (N-methyl/N-ethyl adjacent to an activating group) is 1. The largest absolute Gasteiger partial charge is 0.348 e. The molecule has 0 aromatic heterocycles. The first-order valence-electron chi connectivity index (χ1n) is 7.78. The van der Waals surface area contributed by atoms with Gasteiger partial charge in [0.15, 0.2) is 0 Å². The van der Waals surface area contributed by atoms with Crippen LogP contribution in [0, 0.1) is 17.0 Å². The highest BCUT2D eigenvalue weighted by atomic mass is 16.6. The molecule has 0 atom stereocenters. The van der Waals surface area contributed by atoms with Gasteiger partial charge in [0.1, 0.15) is 0 Å². The van der Waals surface area contributed by atoms with Crippen molar-refractivity contribution in [3.05, 3.63) is 74.8 Å². The second-order valence-electron chi connectivity index (χ2n) is 5.51. The Morgan fingerprint density at radius 1 is 1.12 bits per heavy atom. The van der Waals surface area contributed by atoms with E-state index in [4.69, 9.17) is 0 Å². The van der Waals surface area contributed by atoms with Crippen LogP contribution in [-0.4, -0.2) is 24.4 Å². The molecule has 2 aromatic carbocycles. The lowest BCUT2D eigenvalue weighted by molar-refractivity contribution is -0.385. The minimum absolute atomic E-state index is 0.0659. The summed E-state index contributed by atoms with van der Waals surface area (Å²) in [7, 11) is 1.87. The van der Waals surface area contributed by atoms with Crippen molar-refractivity contribution in [2.75, 3.05) is 13.6 Å². The van der Waals surface area contributed by atoms with Crippen molar-refractivity contribution >= 4 is 11.6 Å². The zero-order valence-corrected chi connectivity index (χ0v) is 13.8. The number of nitrogens with zero attached hydrogens (tertiary/aromatic N) is 1. The zero-order chi connectivity index (χ0) is 17.5. The first-order chi connectivity index (χ1) is 11.5. The third kappa shape index (κ3) is 4.17. The van der Waals surface area contributed by atoms with Crippen LogP contribution in [0.3, 0.4) is 0 Å². The molecule has 0 unspecified atom stereocenters. The molecule has 0 saturated carbocycles. The summed E-state index contributed by atoms with van der Waals surface area (Å²) in [5, 5.41) is 16.9. The summed E-state index contributed by atoms with van der Waals surface area (Å²) in [6, 6.07) is 12.4. The van der Waals surface area contributed by atoms with Gasteiger partial charge in [0.25, 0.3) is 11.6 Å². The van der Waals surface area contributed by atoms with E-state index in [0.717, 1.165) is 24.1 Å². The molecule has 2 N–H and O–H groups in total. The van der Waals surface area contributed by atoms with Crippen molar-refractivity contribution in [2.45, 2.75) is 19.9 Å². The molecule has 0 aliphatic carbocycles. The lowest BCUT2D eigenvalue weighted by Gasteiger charge is -2.11. The Bertz CT molecular complexity index is 744. The number of hydrogen-bond donors (Lipinski definition) is 2. The molecule has 0 spiro atoms. The number of carbonyl (C=O) groups is 1. The quantitative estimate of drug-likeness (QED) is 0.605. The first kappa shape index (κ1) is 17.6. The van der Waals surface area contributed by atoms with Gasteiger partial charge in [-0.2, -0.15) is 0 Å². The van der Waals surface area contributed by atoms with Crippen molar-refractivity contribution in [3.63, 3.8) is 0 Å². The fourth-order valence-corrected chi connectivity index (χ4v) is 2.55. The van der Waals surface area contributed by atoms with E-state index >= 15 is 0 Å². The number of rotatable bonds is 7. The van der Waals surface area contributed by atoms with E-state index in [1.807, 2.05) is 25.2 Å². The van der Waals surface area contributed by atoms with Gasteiger partial charge in [-0.1, -0.05) is 30.3 Å². The molecule has 1 amide bonds. The number of nitrogens with one attached hydrogen (secondary N) is 2. The Labute approximate surface area is 141 Å². The molecular weight excluding hydrogens is 306 g/mol. The van der Waals surface area contributed by atoms with Crippen LogP contribution in [0.2, 0.25) is 0 Å². The highest BCUT2D eigenvalue weighted by molar-refractivity contribution is 5.95. The Balaban J connectivity index is 2.12. The number of nitro benzene ring substituents is 1. The summed E-state index contributed by atoms with van der Waals surface area (Å²) < 4.78 is 0. The maximum absolute atomic E-state index is 12.5. The summed E-state index contributed by atoms with van der Waals surface area (Å²) in [6.45, 7) is 2.74.